The van der Waals surface area contributed by atoms with Crippen molar-refractivity contribution in [3.63, 3.8) is 0 Å². The van der Waals surface area contributed by atoms with Gasteiger partial charge in [-0.05, 0) is 31.2 Å². The third kappa shape index (κ3) is 4.48. The Bertz CT molecular complexity index is 933. The van der Waals surface area contributed by atoms with Gasteiger partial charge in [0.1, 0.15) is 16.4 Å². The van der Waals surface area contributed by atoms with Gasteiger partial charge in [0, 0.05) is 21.8 Å². The summed E-state index contributed by atoms with van der Waals surface area (Å²) in [6, 6.07) is 6.46. The highest BCUT2D eigenvalue weighted by Crippen LogP contribution is 2.30. The molecule has 132 valence electrons. The maximum atomic E-state index is 14.1. The minimum Gasteiger partial charge on any atom is -0.326 e. The van der Waals surface area contributed by atoms with Crippen LogP contribution in [0, 0.1) is 12.7 Å². The van der Waals surface area contributed by atoms with Crippen molar-refractivity contribution in [2.45, 2.75) is 18.5 Å². The van der Waals surface area contributed by atoms with E-state index in [1.165, 1.54) is 29.2 Å². The van der Waals surface area contributed by atoms with E-state index in [9.17, 15) is 9.18 Å². The average molecular weight is 418 g/mol. The van der Waals surface area contributed by atoms with Crippen LogP contribution in [0.2, 0.25) is 5.02 Å². The molecule has 0 aliphatic heterocycles. The molecular weight excluding hydrogens is 404 g/mol. The van der Waals surface area contributed by atoms with E-state index in [-0.39, 0.29) is 34.5 Å². The Hall–Kier alpha value is -1.25. The molecule has 1 aromatic carbocycles. The maximum Gasteiger partial charge on any atom is 0.183 e. The molecule has 3 aromatic rings. The minimum absolute atomic E-state index is 0. The van der Waals surface area contributed by atoms with Gasteiger partial charge in [-0.3, -0.25) is 4.79 Å². The summed E-state index contributed by atoms with van der Waals surface area (Å²) in [6.07, 6.45) is 0. The molecule has 0 aliphatic rings. The van der Waals surface area contributed by atoms with Crippen LogP contribution in [-0.4, -0.2) is 21.5 Å². The second-order valence-electron chi connectivity index (χ2n) is 5.04. The van der Waals surface area contributed by atoms with E-state index in [0.717, 1.165) is 4.88 Å². The fourth-order valence-corrected chi connectivity index (χ4v) is 4.24. The van der Waals surface area contributed by atoms with E-state index in [4.69, 9.17) is 17.3 Å². The predicted octanol–water partition coefficient (Wildman–Crippen LogP) is 4.65. The lowest BCUT2D eigenvalue weighted by atomic mass is 10.2. The van der Waals surface area contributed by atoms with Gasteiger partial charge in [0.25, 0.3) is 0 Å². The van der Waals surface area contributed by atoms with Crippen molar-refractivity contribution in [1.29, 1.82) is 0 Å². The first kappa shape index (κ1) is 20.1. The minimum atomic E-state index is -0.498. The van der Waals surface area contributed by atoms with Gasteiger partial charge in [-0.1, -0.05) is 23.4 Å². The Morgan fingerprint density at radius 1 is 1.36 bits per heavy atom. The van der Waals surface area contributed by atoms with Crippen molar-refractivity contribution in [3.8, 4) is 0 Å². The van der Waals surface area contributed by atoms with Crippen LogP contribution in [0.15, 0.2) is 29.3 Å². The van der Waals surface area contributed by atoms with Crippen molar-refractivity contribution < 1.29 is 9.18 Å². The average Bonchev–Trinajstić information content (AvgIpc) is 3.02. The topological polar surface area (TPSA) is 68.9 Å². The van der Waals surface area contributed by atoms with E-state index >= 15 is 0 Å². The van der Waals surface area contributed by atoms with Crippen LogP contribution in [0.5, 0.6) is 0 Å². The summed E-state index contributed by atoms with van der Waals surface area (Å²) < 4.78 is 14.1. The van der Waals surface area contributed by atoms with Crippen LogP contribution in [0.4, 0.5) is 4.39 Å². The number of aryl methyl sites for hydroxylation is 1. The first-order valence-electron chi connectivity index (χ1n) is 7.06. The molecule has 2 aromatic heterocycles. The summed E-state index contributed by atoms with van der Waals surface area (Å²) in [7, 11) is 0. The standard InChI is InChI=1S/C16H13ClFN3OS2.ClH/c1-8-20-15-11(4-9(17)5-12(15)18)16(21-8)23-7-13(22)14-3-2-10(6-19)24-14;/h2-5H,6-7,19H2,1H3;1H. The summed E-state index contributed by atoms with van der Waals surface area (Å²) >= 11 is 8.57. The van der Waals surface area contributed by atoms with Crippen molar-refractivity contribution >= 4 is 63.8 Å². The van der Waals surface area contributed by atoms with Crippen LogP contribution in [0.25, 0.3) is 10.9 Å². The summed E-state index contributed by atoms with van der Waals surface area (Å²) in [5.41, 5.74) is 5.78. The molecule has 0 spiro atoms. The quantitative estimate of drug-likeness (QED) is 0.371. The summed E-state index contributed by atoms with van der Waals surface area (Å²) in [6.45, 7) is 2.10. The normalized spacial score (nSPS) is 10.7. The molecule has 0 bridgehead atoms. The zero-order valence-electron chi connectivity index (χ0n) is 13.1. The molecule has 9 heteroatoms. The number of carbonyl (C=O) groups is 1. The number of thioether (sulfide) groups is 1. The van der Waals surface area contributed by atoms with E-state index in [2.05, 4.69) is 9.97 Å². The molecule has 0 amide bonds. The summed E-state index contributed by atoms with van der Waals surface area (Å²) in [4.78, 5) is 22.4. The smallest absolute Gasteiger partial charge is 0.183 e. The summed E-state index contributed by atoms with van der Waals surface area (Å²) in [5.74, 6) is 0.128. The number of fused-ring (bicyclic) bond motifs is 1. The lowest BCUT2D eigenvalue weighted by molar-refractivity contribution is 0.102. The van der Waals surface area contributed by atoms with Crippen LogP contribution < -0.4 is 5.73 Å². The van der Waals surface area contributed by atoms with Gasteiger partial charge in [0.15, 0.2) is 11.6 Å². The van der Waals surface area contributed by atoms with Crippen LogP contribution in [0.3, 0.4) is 0 Å². The van der Waals surface area contributed by atoms with Gasteiger partial charge in [-0.2, -0.15) is 0 Å². The number of thiophene rings is 1. The molecule has 0 radical (unpaired) electrons. The highest BCUT2D eigenvalue weighted by Gasteiger charge is 2.15. The van der Waals surface area contributed by atoms with Crippen molar-refractivity contribution in [1.82, 2.24) is 9.97 Å². The molecule has 0 unspecified atom stereocenters. The first-order chi connectivity index (χ1) is 11.5. The van der Waals surface area contributed by atoms with Gasteiger partial charge in [-0.15, -0.1) is 23.7 Å². The molecule has 0 atom stereocenters. The highest BCUT2D eigenvalue weighted by molar-refractivity contribution is 8.00. The first-order valence-corrected chi connectivity index (χ1v) is 9.24. The third-order valence-electron chi connectivity index (χ3n) is 3.27. The van der Waals surface area contributed by atoms with Crippen LogP contribution >= 0.6 is 47.1 Å². The third-order valence-corrected chi connectivity index (χ3v) is 5.63. The Morgan fingerprint density at radius 2 is 2.12 bits per heavy atom. The number of aromatic nitrogens is 2. The van der Waals surface area contributed by atoms with Crippen LogP contribution in [0.1, 0.15) is 20.4 Å². The van der Waals surface area contributed by atoms with Crippen LogP contribution in [-0.2, 0) is 6.54 Å². The van der Waals surface area contributed by atoms with Gasteiger partial charge in [-0.25, -0.2) is 14.4 Å². The molecule has 2 N–H and O–H groups in total. The molecule has 4 nitrogen and oxygen atoms in total. The van der Waals surface area contributed by atoms with Crippen molar-refractivity contribution in [2.75, 3.05) is 5.75 Å². The molecule has 0 saturated carbocycles. The zero-order valence-corrected chi connectivity index (χ0v) is 16.3. The fourth-order valence-electron chi connectivity index (χ4n) is 2.19. The Morgan fingerprint density at radius 3 is 2.80 bits per heavy atom. The zero-order chi connectivity index (χ0) is 17.3. The maximum absolute atomic E-state index is 14.1. The van der Waals surface area contributed by atoms with Gasteiger partial charge in [0.05, 0.1) is 10.6 Å². The van der Waals surface area contributed by atoms with Gasteiger partial charge < -0.3 is 5.73 Å². The molecular formula is C16H14Cl2FN3OS2. The highest BCUT2D eigenvalue weighted by atomic mass is 35.5. The number of carbonyl (C=O) groups excluding carboxylic acids is 1. The van der Waals surface area contributed by atoms with Gasteiger partial charge in [0.2, 0.25) is 0 Å². The second-order valence-corrected chi connectivity index (χ2v) is 7.61. The largest absolute Gasteiger partial charge is 0.326 e. The van der Waals surface area contributed by atoms with E-state index in [1.807, 2.05) is 6.07 Å². The predicted molar refractivity (Wildman–Crippen MR) is 104 cm³/mol. The molecule has 0 fully saturated rings. The SMILES string of the molecule is Cc1nc(SCC(=O)c2ccc(CN)s2)c2cc(Cl)cc(F)c2n1.Cl. The lowest BCUT2D eigenvalue weighted by Crippen LogP contribution is -2.02. The van der Waals surface area contributed by atoms with E-state index in [0.29, 0.717) is 27.7 Å². The molecule has 0 saturated heterocycles. The fraction of sp³-hybridized carbons (Fsp3) is 0.188. The molecule has 2 heterocycles. The van der Waals surface area contributed by atoms with Gasteiger partial charge >= 0.3 is 0 Å². The Balaban J connectivity index is 0.00000225. The Kier molecular flexibility index (Phi) is 6.76. The number of Topliss-reactive ketones (excluding diaryl/α,β-unsaturated/α-hetero) is 1. The number of hydrogen-bond donors (Lipinski definition) is 1. The van der Waals surface area contributed by atoms with Crippen molar-refractivity contribution in [3.05, 3.63) is 50.7 Å². The number of halogens is 3. The van der Waals surface area contributed by atoms with E-state index < -0.39 is 5.82 Å². The number of benzene rings is 1. The number of nitrogens with zero attached hydrogens (tertiary/aromatic N) is 2. The monoisotopic (exact) mass is 417 g/mol. The number of nitrogens with two attached hydrogens (primary N) is 1. The molecule has 25 heavy (non-hydrogen) atoms. The van der Waals surface area contributed by atoms with Crippen molar-refractivity contribution in [2.24, 2.45) is 5.73 Å². The number of hydrogen-bond acceptors (Lipinski definition) is 6. The molecule has 3 rings (SSSR count). The summed E-state index contributed by atoms with van der Waals surface area (Å²) in [5, 5.41) is 1.33. The number of ketones is 1. The molecule has 0 aliphatic carbocycles. The lowest BCUT2D eigenvalue weighted by Gasteiger charge is -2.07. The van der Waals surface area contributed by atoms with E-state index in [1.54, 1.807) is 19.1 Å². The second kappa shape index (κ2) is 8.42. The number of rotatable bonds is 5. The Labute approximate surface area is 163 Å².